The van der Waals surface area contributed by atoms with Crippen molar-refractivity contribution in [1.29, 1.82) is 0 Å². The number of hydrogen-bond donors (Lipinski definition) is 1. The molecule has 96 valence electrons. The second-order valence-electron chi connectivity index (χ2n) is 4.15. The summed E-state index contributed by atoms with van der Waals surface area (Å²) < 4.78 is 31.7. The van der Waals surface area contributed by atoms with Crippen LogP contribution < -0.4 is 4.90 Å². The molecule has 1 unspecified atom stereocenters. The number of rotatable bonds is 3. The summed E-state index contributed by atoms with van der Waals surface area (Å²) in [6.45, 7) is 4.01. The minimum atomic E-state index is -4.34. The van der Waals surface area contributed by atoms with Crippen molar-refractivity contribution in [2.45, 2.75) is 11.3 Å². The first-order chi connectivity index (χ1) is 8.43. The third-order valence-electron chi connectivity index (χ3n) is 2.92. The summed E-state index contributed by atoms with van der Waals surface area (Å²) in [4.78, 5) is 12.9. The maximum Gasteiger partial charge on any atom is 0.296 e. The molecule has 0 aromatic heterocycles. The average molecular weight is 267 g/mol. The molecule has 1 heterocycles. The van der Waals surface area contributed by atoms with E-state index in [1.807, 2.05) is 0 Å². The molecular formula is C12H13NO4S. The van der Waals surface area contributed by atoms with Gasteiger partial charge in [-0.1, -0.05) is 18.2 Å². The molecule has 5 nitrogen and oxygen atoms in total. The first kappa shape index (κ1) is 12.8. The molecule has 1 fully saturated rings. The lowest BCUT2D eigenvalue weighted by Gasteiger charge is -2.18. The topological polar surface area (TPSA) is 74.7 Å². The van der Waals surface area contributed by atoms with Gasteiger partial charge in [-0.15, -0.1) is 6.58 Å². The number of carbonyl (C=O) groups is 1. The molecule has 0 bridgehead atoms. The molecular weight excluding hydrogens is 254 g/mol. The molecule has 0 spiro atoms. The zero-order chi connectivity index (χ0) is 13.3. The molecule has 0 aliphatic carbocycles. The molecule has 0 saturated carbocycles. The van der Waals surface area contributed by atoms with E-state index in [1.165, 1.54) is 23.1 Å². The minimum absolute atomic E-state index is 0.00644. The Labute approximate surface area is 105 Å². The van der Waals surface area contributed by atoms with Gasteiger partial charge in [0.1, 0.15) is 4.90 Å². The molecule has 18 heavy (non-hydrogen) atoms. The summed E-state index contributed by atoms with van der Waals surface area (Å²) in [5, 5.41) is 0. The number of nitrogens with zero attached hydrogens (tertiary/aromatic N) is 1. The molecule has 1 atom stereocenters. The number of para-hydroxylation sites is 1. The van der Waals surface area contributed by atoms with Gasteiger partial charge in [0.2, 0.25) is 5.91 Å². The van der Waals surface area contributed by atoms with E-state index in [9.17, 15) is 13.2 Å². The Balaban J connectivity index is 2.47. The van der Waals surface area contributed by atoms with E-state index < -0.39 is 10.1 Å². The second-order valence-corrected chi connectivity index (χ2v) is 5.54. The van der Waals surface area contributed by atoms with Crippen LogP contribution in [0.15, 0.2) is 41.8 Å². The molecule has 2 rings (SSSR count). The predicted octanol–water partition coefficient (Wildman–Crippen LogP) is 1.47. The van der Waals surface area contributed by atoms with Crippen LogP contribution in [0.4, 0.5) is 5.69 Å². The number of anilines is 1. The van der Waals surface area contributed by atoms with E-state index in [-0.39, 0.29) is 22.4 Å². The lowest BCUT2D eigenvalue weighted by atomic mass is 10.1. The van der Waals surface area contributed by atoms with Crippen LogP contribution in [0.1, 0.15) is 6.42 Å². The van der Waals surface area contributed by atoms with Gasteiger partial charge in [-0.25, -0.2) is 0 Å². The molecule has 1 aromatic carbocycles. The van der Waals surface area contributed by atoms with E-state index in [1.54, 1.807) is 12.1 Å². The maximum atomic E-state index is 11.8. The van der Waals surface area contributed by atoms with E-state index >= 15 is 0 Å². The zero-order valence-corrected chi connectivity index (χ0v) is 10.4. The van der Waals surface area contributed by atoms with Gasteiger partial charge < -0.3 is 4.90 Å². The van der Waals surface area contributed by atoms with Crippen molar-refractivity contribution in [3.8, 4) is 0 Å². The van der Waals surface area contributed by atoms with Crippen molar-refractivity contribution in [2.24, 2.45) is 5.92 Å². The standard InChI is InChI=1S/C12H13NO4S/c1-2-9-7-12(14)13(8-9)10-5-3-4-6-11(10)18(15,16)17/h2-6,9H,1,7-8H2,(H,15,16,17). The van der Waals surface area contributed by atoms with Crippen molar-refractivity contribution in [3.05, 3.63) is 36.9 Å². The Morgan fingerprint density at radius 2 is 2.06 bits per heavy atom. The fourth-order valence-corrected chi connectivity index (χ4v) is 2.72. The quantitative estimate of drug-likeness (QED) is 0.664. The second kappa shape index (κ2) is 4.55. The van der Waals surface area contributed by atoms with Crippen LogP contribution >= 0.6 is 0 Å². The summed E-state index contributed by atoms with van der Waals surface area (Å²) in [5.74, 6) is -0.164. The molecule has 6 heteroatoms. The first-order valence-corrected chi connectivity index (χ1v) is 6.87. The van der Waals surface area contributed by atoms with E-state index in [0.29, 0.717) is 13.0 Å². The Morgan fingerprint density at radius 1 is 1.39 bits per heavy atom. The number of benzene rings is 1. The van der Waals surface area contributed by atoms with Crippen molar-refractivity contribution in [3.63, 3.8) is 0 Å². The normalized spacial score (nSPS) is 20.2. The van der Waals surface area contributed by atoms with Gasteiger partial charge in [0, 0.05) is 18.9 Å². The summed E-state index contributed by atoms with van der Waals surface area (Å²) >= 11 is 0. The van der Waals surface area contributed by atoms with Gasteiger partial charge >= 0.3 is 0 Å². The molecule has 1 aliphatic rings. The van der Waals surface area contributed by atoms with Crippen molar-refractivity contribution in [1.82, 2.24) is 0 Å². The monoisotopic (exact) mass is 267 g/mol. The molecule has 1 saturated heterocycles. The van der Waals surface area contributed by atoms with E-state index in [0.717, 1.165) is 0 Å². The Hall–Kier alpha value is -1.66. The number of carbonyl (C=O) groups excluding carboxylic acids is 1. The van der Waals surface area contributed by atoms with E-state index in [4.69, 9.17) is 4.55 Å². The number of hydrogen-bond acceptors (Lipinski definition) is 3. The zero-order valence-electron chi connectivity index (χ0n) is 9.61. The van der Waals surface area contributed by atoms with Gasteiger partial charge in [0.25, 0.3) is 10.1 Å². The van der Waals surface area contributed by atoms with Crippen LogP contribution in [0.5, 0.6) is 0 Å². The highest BCUT2D eigenvalue weighted by Gasteiger charge is 2.31. The van der Waals surface area contributed by atoms with Crippen LogP contribution in [0.25, 0.3) is 0 Å². The summed E-state index contributed by atoms with van der Waals surface area (Å²) in [6.07, 6.45) is 1.98. The molecule has 0 radical (unpaired) electrons. The highest BCUT2D eigenvalue weighted by Crippen LogP contribution is 2.30. The Kier molecular flexibility index (Phi) is 3.23. The van der Waals surface area contributed by atoms with E-state index in [2.05, 4.69) is 6.58 Å². The van der Waals surface area contributed by atoms with Crippen LogP contribution in [0.3, 0.4) is 0 Å². The van der Waals surface area contributed by atoms with Crippen LogP contribution in [0, 0.1) is 5.92 Å². The Morgan fingerprint density at radius 3 is 2.61 bits per heavy atom. The third-order valence-corrected chi connectivity index (χ3v) is 3.82. The summed E-state index contributed by atoms with van der Waals surface area (Å²) in [5.41, 5.74) is 0.217. The van der Waals surface area contributed by atoms with Crippen molar-refractivity contribution < 1.29 is 17.8 Å². The molecule has 1 N–H and O–H groups in total. The van der Waals surface area contributed by atoms with Gasteiger partial charge in [0.05, 0.1) is 5.69 Å². The predicted molar refractivity (Wildman–Crippen MR) is 66.9 cm³/mol. The van der Waals surface area contributed by atoms with Crippen molar-refractivity contribution in [2.75, 3.05) is 11.4 Å². The molecule has 1 amide bonds. The lowest BCUT2D eigenvalue weighted by Crippen LogP contribution is -2.26. The third kappa shape index (κ3) is 2.30. The average Bonchev–Trinajstić information content (AvgIpc) is 2.69. The fraction of sp³-hybridized carbons (Fsp3) is 0.250. The minimum Gasteiger partial charge on any atom is -0.310 e. The van der Waals surface area contributed by atoms with Crippen molar-refractivity contribution >= 4 is 21.7 Å². The Bertz CT molecular complexity index is 594. The van der Waals surface area contributed by atoms with Gasteiger partial charge in [-0.05, 0) is 12.1 Å². The summed E-state index contributed by atoms with van der Waals surface area (Å²) in [6, 6.07) is 5.91. The SMILES string of the molecule is C=CC1CC(=O)N(c2ccccc2S(=O)(=O)O)C1. The smallest absolute Gasteiger partial charge is 0.296 e. The van der Waals surface area contributed by atoms with Gasteiger partial charge in [0.15, 0.2) is 0 Å². The van der Waals surface area contributed by atoms with Gasteiger partial charge in [-0.3, -0.25) is 9.35 Å². The highest BCUT2D eigenvalue weighted by atomic mass is 32.2. The number of amides is 1. The van der Waals surface area contributed by atoms with Crippen LogP contribution in [-0.4, -0.2) is 25.4 Å². The first-order valence-electron chi connectivity index (χ1n) is 5.43. The molecule has 1 aromatic rings. The fourth-order valence-electron chi connectivity index (χ4n) is 2.02. The van der Waals surface area contributed by atoms with Crippen LogP contribution in [0.2, 0.25) is 0 Å². The molecule has 1 aliphatic heterocycles. The summed E-state index contributed by atoms with van der Waals surface area (Å²) in [7, 11) is -4.34. The maximum absolute atomic E-state index is 11.8. The largest absolute Gasteiger partial charge is 0.310 e. The lowest BCUT2D eigenvalue weighted by molar-refractivity contribution is -0.117. The highest BCUT2D eigenvalue weighted by molar-refractivity contribution is 7.86. The van der Waals surface area contributed by atoms with Crippen LogP contribution in [-0.2, 0) is 14.9 Å². The van der Waals surface area contributed by atoms with Gasteiger partial charge in [-0.2, -0.15) is 8.42 Å².